The smallest absolute Gasteiger partial charge is 0.195 e. The van der Waals surface area contributed by atoms with Gasteiger partial charge in [-0.25, -0.2) is 9.37 Å². The number of methoxy groups -OCH3 is 1. The van der Waals surface area contributed by atoms with E-state index in [9.17, 15) is 9.50 Å². The number of aromatic hydroxyl groups is 1. The van der Waals surface area contributed by atoms with E-state index in [1.807, 2.05) is 23.9 Å². The molecule has 1 fully saturated rings. The predicted octanol–water partition coefficient (Wildman–Crippen LogP) is 1.98. The van der Waals surface area contributed by atoms with Crippen molar-refractivity contribution in [3.63, 3.8) is 0 Å². The lowest BCUT2D eigenvalue weighted by atomic mass is 10.0. The second kappa shape index (κ2) is 7.23. The monoisotopic (exact) mass is 386 g/mol. The highest BCUT2D eigenvalue weighted by Crippen LogP contribution is 2.33. The molecule has 1 aliphatic rings. The summed E-state index contributed by atoms with van der Waals surface area (Å²) in [5.74, 6) is 1.64. The summed E-state index contributed by atoms with van der Waals surface area (Å²) in [5, 5.41) is 19.1. The summed E-state index contributed by atoms with van der Waals surface area (Å²) in [6, 6.07) is 4.98. The van der Waals surface area contributed by atoms with Gasteiger partial charge in [-0.05, 0) is 19.2 Å². The third-order valence-electron chi connectivity index (χ3n) is 5.20. The third-order valence-corrected chi connectivity index (χ3v) is 5.20. The van der Waals surface area contributed by atoms with E-state index in [-0.39, 0.29) is 11.8 Å². The molecule has 2 aromatic heterocycles. The highest BCUT2D eigenvalue weighted by atomic mass is 19.1. The van der Waals surface area contributed by atoms with E-state index >= 15 is 0 Å². The largest absolute Gasteiger partial charge is 0.507 e. The first-order valence-electron chi connectivity index (χ1n) is 9.10. The molecule has 0 radical (unpaired) electrons. The molecule has 0 aliphatic carbocycles. The van der Waals surface area contributed by atoms with E-state index < -0.39 is 6.17 Å². The molecule has 2 atom stereocenters. The third kappa shape index (κ3) is 3.22. The number of alkyl halides is 1. The van der Waals surface area contributed by atoms with Crippen molar-refractivity contribution in [2.75, 3.05) is 39.2 Å². The number of likely N-dealkylation sites (tertiary alicyclic amines) is 1. The van der Waals surface area contributed by atoms with Gasteiger partial charge < -0.3 is 19.6 Å². The summed E-state index contributed by atoms with van der Waals surface area (Å²) >= 11 is 0. The van der Waals surface area contributed by atoms with Crippen molar-refractivity contribution in [3.8, 4) is 22.9 Å². The van der Waals surface area contributed by atoms with Crippen LogP contribution in [0.25, 0.3) is 17.0 Å². The molecule has 1 N–H and O–H groups in total. The number of phenols is 1. The molecule has 3 heterocycles. The topological polar surface area (TPSA) is 79.0 Å². The number of benzene rings is 1. The van der Waals surface area contributed by atoms with Crippen molar-refractivity contribution in [1.29, 1.82) is 0 Å². The van der Waals surface area contributed by atoms with E-state index in [1.54, 1.807) is 28.9 Å². The van der Waals surface area contributed by atoms with Crippen molar-refractivity contribution < 1.29 is 14.2 Å². The lowest BCUT2D eigenvalue weighted by molar-refractivity contribution is 0.145. The maximum absolute atomic E-state index is 14.0. The van der Waals surface area contributed by atoms with Crippen LogP contribution in [0.5, 0.6) is 11.5 Å². The summed E-state index contributed by atoms with van der Waals surface area (Å²) in [6.07, 6.45) is 3.00. The standard InChI is InChI=1S/C19H23FN6O2/c1-24-10-12(20)8-13(11-24)25(2)19-18-21-6-7-26(18)17(22-23-19)15-5-4-14(28-3)9-16(15)27/h4-7,9,12-13,27H,8,10-11H2,1-3H3/t12-,13?/m1/s1. The summed E-state index contributed by atoms with van der Waals surface area (Å²) in [6.45, 7) is 1.19. The van der Waals surface area contributed by atoms with Crippen LogP contribution in [0.4, 0.5) is 10.2 Å². The highest BCUT2D eigenvalue weighted by molar-refractivity contribution is 5.72. The molecule has 0 bridgehead atoms. The van der Waals surface area contributed by atoms with Gasteiger partial charge in [0.25, 0.3) is 0 Å². The van der Waals surface area contributed by atoms with Crippen molar-refractivity contribution in [1.82, 2.24) is 24.5 Å². The summed E-state index contributed by atoms with van der Waals surface area (Å²) in [4.78, 5) is 8.35. The number of rotatable bonds is 4. The van der Waals surface area contributed by atoms with E-state index in [2.05, 4.69) is 15.2 Å². The Bertz CT molecular complexity index is 984. The van der Waals surface area contributed by atoms with Crippen LogP contribution in [0.15, 0.2) is 30.6 Å². The second-order valence-electron chi connectivity index (χ2n) is 7.17. The Balaban J connectivity index is 1.74. The van der Waals surface area contributed by atoms with Gasteiger partial charge in [0.2, 0.25) is 0 Å². The predicted molar refractivity (Wildman–Crippen MR) is 104 cm³/mol. The van der Waals surface area contributed by atoms with Crippen LogP contribution >= 0.6 is 0 Å². The highest BCUT2D eigenvalue weighted by Gasteiger charge is 2.30. The number of fused-ring (bicyclic) bond motifs is 1. The van der Waals surface area contributed by atoms with Gasteiger partial charge in [0.05, 0.1) is 12.7 Å². The maximum Gasteiger partial charge on any atom is 0.195 e. The number of imidazole rings is 1. The Morgan fingerprint density at radius 1 is 1.29 bits per heavy atom. The number of piperidine rings is 1. The average molecular weight is 386 g/mol. The Morgan fingerprint density at radius 2 is 2.11 bits per heavy atom. The van der Waals surface area contributed by atoms with Crippen LogP contribution in [-0.2, 0) is 0 Å². The normalized spacial score (nSPS) is 20.4. The van der Waals surface area contributed by atoms with Gasteiger partial charge in [0.15, 0.2) is 17.3 Å². The minimum Gasteiger partial charge on any atom is -0.507 e. The zero-order valence-corrected chi connectivity index (χ0v) is 16.1. The number of nitrogens with zero attached hydrogens (tertiary/aromatic N) is 6. The average Bonchev–Trinajstić information content (AvgIpc) is 3.16. The lowest BCUT2D eigenvalue weighted by Gasteiger charge is -2.37. The van der Waals surface area contributed by atoms with Crippen molar-refractivity contribution in [2.24, 2.45) is 0 Å². The molecule has 8 nitrogen and oxygen atoms in total. The Hall–Kier alpha value is -2.94. The van der Waals surface area contributed by atoms with Gasteiger partial charge in [-0.2, -0.15) is 0 Å². The van der Waals surface area contributed by atoms with Crippen molar-refractivity contribution in [2.45, 2.75) is 18.6 Å². The number of halogens is 1. The minimum atomic E-state index is -0.870. The fraction of sp³-hybridized carbons (Fsp3) is 0.421. The maximum atomic E-state index is 14.0. The van der Waals surface area contributed by atoms with E-state index in [0.717, 1.165) is 6.54 Å². The van der Waals surface area contributed by atoms with Gasteiger partial charge in [-0.3, -0.25) is 4.40 Å². The van der Waals surface area contributed by atoms with Crippen LogP contribution in [0.2, 0.25) is 0 Å². The Morgan fingerprint density at radius 3 is 2.82 bits per heavy atom. The molecule has 1 aliphatic heterocycles. The fourth-order valence-corrected chi connectivity index (χ4v) is 3.74. The van der Waals surface area contributed by atoms with Gasteiger partial charge in [-0.15, -0.1) is 10.2 Å². The number of hydrogen-bond acceptors (Lipinski definition) is 7. The lowest BCUT2D eigenvalue weighted by Crippen LogP contribution is -2.49. The molecular formula is C19H23FN6O2. The first kappa shape index (κ1) is 18.4. The first-order valence-corrected chi connectivity index (χ1v) is 9.10. The van der Waals surface area contributed by atoms with Gasteiger partial charge in [-0.1, -0.05) is 0 Å². The number of anilines is 1. The van der Waals surface area contributed by atoms with Gasteiger partial charge >= 0.3 is 0 Å². The Kier molecular flexibility index (Phi) is 4.76. The number of hydrogen-bond donors (Lipinski definition) is 1. The molecule has 0 amide bonds. The molecule has 3 aromatic rings. The zero-order chi connectivity index (χ0) is 19.8. The quantitative estimate of drug-likeness (QED) is 0.735. The number of aromatic nitrogens is 4. The van der Waals surface area contributed by atoms with Crippen LogP contribution in [-0.4, -0.2) is 76.1 Å². The molecule has 0 saturated carbocycles. The molecule has 1 aromatic carbocycles. The summed E-state index contributed by atoms with van der Waals surface area (Å²) < 4.78 is 21.0. The molecular weight excluding hydrogens is 363 g/mol. The van der Waals surface area contributed by atoms with Crippen LogP contribution in [0, 0.1) is 0 Å². The van der Waals surface area contributed by atoms with Crippen molar-refractivity contribution >= 4 is 11.5 Å². The second-order valence-corrected chi connectivity index (χ2v) is 7.17. The molecule has 148 valence electrons. The van der Waals surface area contributed by atoms with Crippen LogP contribution in [0.1, 0.15) is 6.42 Å². The molecule has 1 unspecified atom stereocenters. The van der Waals surface area contributed by atoms with Crippen LogP contribution in [0.3, 0.4) is 0 Å². The van der Waals surface area contributed by atoms with Gasteiger partial charge in [0, 0.05) is 51.1 Å². The molecule has 1 saturated heterocycles. The summed E-state index contributed by atoms with van der Waals surface area (Å²) in [5.41, 5.74) is 1.12. The zero-order valence-electron chi connectivity index (χ0n) is 16.1. The molecule has 28 heavy (non-hydrogen) atoms. The minimum absolute atomic E-state index is 0.0243. The number of ether oxygens (including phenoxy) is 1. The number of likely N-dealkylation sites (N-methyl/N-ethyl adjacent to an activating group) is 2. The number of phenolic OH excluding ortho intramolecular Hbond substituents is 1. The SMILES string of the molecule is COc1ccc(-c2nnc(N(C)C3C[C@@H](F)CN(C)C3)c3nccn23)c(O)c1. The van der Waals surface area contributed by atoms with E-state index in [0.29, 0.717) is 41.6 Å². The van der Waals surface area contributed by atoms with Crippen molar-refractivity contribution in [3.05, 3.63) is 30.6 Å². The van der Waals surface area contributed by atoms with Gasteiger partial charge in [0.1, 0.15) is 17.7 Å². The Labute approximate surface area is 162 Å². The van der Waals surface area contributed by atoms with E-state index in [1.165, 1.54) is 13.2 Å². The van der Waals surface area contributed by atoms with E-state index in [4.69, 9.17) is 4.74 Å². The first-order chi connectivity index (χ1) is 13.5. The molecule has 0 spiro atoms. The van der Waals surface area contributed by atoms with Crippen LogP contribution < -0.4 is 9.64 Å². The molecule has 4 rings (SSSR count). The molecule has 9 heteroatoms. The summed E-state index contributed by atoms with van der Waals surface area (Å²) in [7, 11) is 5.34. The fourth-order valence-electron chi connectivity index (χ4n) is 3.74.